The zero-order valence-electron chi connectivity index (χ0n) is 10.3. The van der Waals surface area contributed by atoms with E-state index in [-0.39, 0.29) is 18.2 Å². The fourth-order valence-corrected chi connectivity index (χ4v) is 2.50. The molecule has 0 saturated heterocycles. The van der Waals surface area contributed by atoms with Crippen molar-refractivity contribution in [1.82, 2.24) is 4.98 Å². The van der Waals surface area contributed by atoms with Crippen LogP contribution >= 0.6 is 15.9 Å². The Kier molecular flexibility index (Phi) is 4.72. The minimum atomic E-state index is -0.363. The monoisotopic (exact) mass is 313 g/mol. The van der Waals surface area contributed by atoms with Crippen molar-refractivity contribution in [1.29, 1.82) is 0 Å². The predicted molar refractivity (Wildman–Crippen MR) is 70.4 cm³/mol. The molecule has 2 atom stereocenters. The highest BCUT2D eigenvalue weighted by Crippen LogP contribution is 2.23. The Morgan fingerprint density at radius 2 is 2.17 bits per heavy atom. The Labute approximate surface area is 115 Å². The van der Waals surface area contributed by atoms with Gasteiger partial charge in [0.05, 0.1) is 6.10 Å². The van der Waals surface area contributed by atoms with Crippen molar-refractivity contribution in [2.45, 2.75) is 37.9 Å². The maximum Gasteiger partial charge on any atom is 0.357 e. The Balaban J connectivity index is 1.95. The van der Waals surface area contributed by atoms with Crippen LogP contribution < -0.4 is 0 Å². The second-order valence-electron chi connectivity index (χ2n) is 4.40. The molecule has 0 bridgehead atoms. The van der Waals surface area contributed by atoms with E-state index in [1.165, 1.54) is 0 Å². The van der Waals surface area contributed by atoms with Gasteiger partial charge < -0.3 is 9.47 Å². The van der Waals surface area contributed by atoms with Gasteiger partial charge in [0.1, 0.15) is 16.4 Å². The number of carbonyl (C=O) groups is 1. The van der Waals surface area contributed by atoms with Crippen LogP contribution in [0.25, 0.3) is 0 Å². The molecule has 18 heavy (non-hydrogen) atoms. The summed E-state index contributed by atoms with van der Waals surface area (Å²) in [6.07, 6.45) is 3.89. The minimum absolute atomic E-state index is 0.0584. The average Bonchev–Trinajstić information content (AvgIpc) is 2.39. The first kappa shape index (κ1) is 13.5. The van der Waals surface area contributed by atoms with Crippen LogP contribution in [0.3, 0.4) is 0 Å². The number of rotatable bonds is 3. The van der Waals surface area contributed by atoms with Crippen LogP contribution in [0.5, 0.6) is 0 Å². The molecule has 0 radical (unpaired) electrons. The Bertz CT molecular complexity index is 424. The number of hydrogen-bond donors (Lipinski definition) is 0. The fraction of sp³-hybridized carbons (Fsp3) is 0.538. The Hall–Kier alpha value is -0.940. The van der Waals surface area contributed by atoms with Crippen molar-refractivity contribution in [3.05, 3.63) is 28.5 Å². The number of pyridine rings is 1. The van der Waals surface area contributed by atoms with Crippen molar-refractivity contribution in [3.63, 3.8) is 0 Å². The summed E-state index contributed by atoms with van der Waals surface area (Å²) >= 11 is 3.24. The molecule has 1 aromatic heterocycles. The van der Waals surface area contributed by atoms with E-state index >= 15 is 0 Å². The second-order valence-corrected chi connectivity index (χ2v) is 5.21. The highest BCUT2D eigenvalue weighted by atomic mass is 79.9. The number of esters is 1. The molecule has 2 rings (SSSR count). The van der Waals surface area contributed by atoms with E-state index < -0.39 is 0 Å². The van der Waals surface area contributed by atoms with Crippen LogP contribution in [0.4, 0.5) is 0 Å². The van der Waals surface area contributed by atoms with Crippen LogP contribution in [0.2, 0.25) is 0 Å². The van der Waals surface area contributed by atoms with Gasteiger partial charge in [0.15, 0.2) is 0 Å². The van der Waals surface area contributed by atoms with Crippen LogP contribution in [0.1, 0.15) is 36.2 Å². The first-order chi connectivity index (χ1) is 8.69. The molecule has 2 unspecified atom stereocenters. The lowest BCUT2D eigenvalue weighted by Crippen LogP contribution is -2.29. The van der Waals surface area contributed by atoms with Gasteiger partial charge in [0.2, 0.25) is 0 Å². The van der Waals surface area contributed by atoms with Crippen molar-refractivity contribution >= 4 is 21.9 Å². The third-order valence-corrected chi connectivity index (χ3v) is 3.55. The number of nitrogens with zero attached hydrogens (tertiary/aromatic N) is 1. The van der Waals surface area contributed by atoms with Gasteiger partial charge in [-0.05, 0) is 47.3 Å². The van der Waals surface area contributed by atoms with Gasteiger partial charge in [-0.2, -0.15) is 0 Å². The van der Waals surface area contributed by atoms with Crippen molar-refractivity contribution < 1.29 is 14.3 Å². The molecule has 0 amide bonds. The SMILES string of the molecule is COC1CCCC(OC(=O)c2cccc(Br)n2)C1. The minimum Gasteiger partial charge on any atom is -0.458 e. The van der Waals surface area contributed by atoms with Gasteiger partial charge in [-0.1, -0.05) is 6.07 Å². The number of ether oxygens (including phenoxy) is 2. The van der Waals surface area contributed by atoms with Gasteiger partial charge in [-0.25, -0.2) is 9.78 Å². The van der Waals surface area contributed by atoms with E-state index in [2.05, 4.69) is 20.9 Å². The maximum atomic E-state index is 11.9. The van der Waals surface area contributed by atoms with E-state index in [0.29, 0.717) is 10.3 Å². The zero-order chi connectivity index (χ0) is 13.0. The molecular formula is C13H16BrNO3. The van der Waals surface area contributed by atoms with E-state index in [9.17, 15) is 4.79 Å². The second kappa shape index (κ2) is 6.29. The van der Waals surface area contributed by atoms with Gasteiger partial charge in [-0.15, -0.1) is 0 Å². The van der Waals surface area contributed by atoms with E-state index in [1.54, 1.807) is 25.3 Å². The zero-order valence-corrected chi connectivity index (χ0v) is 11.9. The molecule has 0 aliphatic heterocycles. The lowest BCUT2D eigenvalue weighted by Gasteiger charge is -2.27. The van der Waals surface area contributed by atoms with Gasteiger partial charge in [-0.3, -0.25) is 0 Å². The summed E-state index contributed by atoms with van der Waals surface area (Å²) in [5, 5.41) is 0. The number of halogens is 1. The third-order valence-electron chi connectivity index (χ3n) is 3.11. The molecule has 0 aromatic carbocycles. The molecule has 0 N–H and O–H groups in total. The lowest BCUT2D eigenvalue weighted by molar-refractivity contribution is -0.0153. The van der Waals surface area contributed by atoms with Crippen molar-refractivity contribution in [2.75, 3.05) is 7.11 Å². The van der Waals surface area contributed by atoms with E-state index in [1.807, 2.05) is 0 Å². The quantitative estimate of drug-likeness (QED) is 0.636. The molecule has 4 nitrogen and oxygen atoms in total. The van der Waals surface area contributed by atoms with Gasteiger partial charge in [0.25, 0.3) is 0 Å². The summed E-state index contributed by atoms with van der Waals surface area (Å²) < 4.78 is 11.4. The average molecular weight is 314 g/mol. The fourth-order valence-electron chi connectivity index (χ4n) is 2.16. The van der Waals surface area contributed by atoms with Gasteiger partial charge in [0, 0.05) is 13.5 Å². The van der Waals surface area contributed by atoms with E-state index in [4.69, 9.17) is 9.47 Å². The molecule has 1 aliphatic carbocycles. The molecule has 1 aromatic rings. The Morgan fingerprint density at radius 3 is 2.89 bits per heavy atom. The summed E-state index contributed by atoms with van der Waals surface area (Å²) in [6, 6.07) is 5.20. The van der Waals surface area contributed by atoms with E-state index in [0.717, 1.165) is 25.7 Å². The normalized spacial score (nSPS) is 23.7. The van der Waals surface area contributed by atoms with Crippen molar-refractivity contribution in [2.24, 2.45) is 0 Å². The van der Waals surface area contributed by atoms with Crippen LogP contribution in [-0.2, 0) is 9.47 Å². The highest BCUT2D eigenvalue weighted by molar-refractivity contribution is 9.10. The molecule has 1 fully saturated rings. The molecule has 0 spiro atoms. The summed E-state index contributed by atoms with van der Waals surface area (Å²) in [4.78, 5) is 16.0. The number of methoxy groups -OCH3 is 1. The summed E-state index contributed by atoms with van der Waals surface area (Å²) in [7, 11) is 1.70. The summed E-state index contributed by atoms with van der Waals surface area (Å²) in [5.74, 6) is -0.363. The Morgan fingerprint density at radius 1 is 1.39 bits per heavy atom. The molecule has 1 saturated carbocycles. The molecular weight excluding hydrogens is 298 g/mol. The lowest BCUT2D eigenvalue weighted by atomic mass is 9.95. The van der Waals surface area contributed by atoms with Gasteiger partial charge >= 0.3 is 5.97 Å². The molecule has 1 aliphatic rings. The highest BCUT2D eigenvalue weighted by Gasteiger charge is 2.25. The number of carbonyl (C=O) groups excluding carboxylic acids is 1. The first-order valence-electron chi connectivity index (χ1n) is 6.05. The van der Waals surface area contributed by atoms with Crippen molar-refractivity contribution in [3.8, 4) is 0 Å². The van der Waals surface area contributed by atoms with Crippen LogP contribution in [0.15, 0.2) is 22.8 Å². The number of aromatic nitrogens is 1. The van der Waals surface area contributed by atoms with Crippen LogP contribution in [-0.4, -0.2) is 30.3 Å². The topological polar surface area (TPSA) is 48.4 Å². The smallest absolute Gasteiger partial charge is 0.357 e. The standard InChI is InChI=1S/C13H16BrNO3/c1-17-9-4-2-5-10(8-9)18-13(16)11-6-3-7-12(14)15-11/h3,6-7,9-10H,2,4-5,8H2,1H3. The maximum absolute atomic E-state index is 11.9. The molecule has 98 valence electrons. The third kappa shape index (κ3) is 3.53. The number of hydrogen-bond acceptors (Lipinski definition) is 4. The summed E-state index contributed by atoms with van der Waals surface area (Å²) in [5.41, 5.74) is 0.337. The largest absolute Gasteiger partial charge is 0.458 e. The molecule has 1 heterocycles. The first-order valence-corrected chi connectivity index (χ1v) is 6.84. The molecule has 5 heteroatoms. The van der Waals surface area contributed by atoms with Crippen LogP contribution in [0, 0.1) is 0 Å². The summed E-state index contributed by atoms with van der Waals surface area (Å²) in [6.45, 7) is 0. The predicted octanol–water partition coefficient (Wildman–Crippen LogP) is 2.96.